The minimum atomic E-state index is -1.04. The maximum Gasteiger partial charge on any atom is 0.407 e. The van der Waals surface area contributed by atoms with Crippen molar-refractivity contribution in [1.29, 1.82) is 0 Å². The van der Waals surface area contributed by atoms with E-state index in [1.807, 2.05) is 43.3 Å². The number of hydrogen-bond donors (Lipinski definition) is 3. The average molecular weight is 473 g/mol. The van der Waals surface area contributed by atoms with Crippen molar-refractivity contribution < 1.29 is 24.2 Å². The van der Waals surface area contributed by atoms with Crippen LogP contribution in [0, 0.1) is 0 Å². The van der Waals surface area contributed by atoms with Crippen molar-refractivity contribution in [2.45, 2.75) is 38.1 Å². The molecule has 0 spiro atoms. The summed E-state index contributed by atoms with van der Waals surface area (Å²) in [5, 5.41) is 14.5. The van der Waals surface area contributed by atoms with Crippen molar-refractivity contribution in [3.05, 3.63) is 89.5 Å². The van der Waals surface area contributed by atoms with Crippen molar-refractivity contribution in [2.24, 2.45) is 0 Å². The maximum absolute atomic E-state index is 12.9. The fourth-order valence-electron chi connectivity index (χ4n) is 4.38. The molecule has 0 saturated carbocycles. The standard InChI is InChI=1S/C28H28N2O5/c1-2-3-12-25(26(31)29-19-15-13-18(14-16-19)27(32)33)30-28(34)35-17-24-22-10-6-4-8-20(22)21-9-5-7-11-23(21)24/h4-11,13-16,24-25H,2-3,12,17H2,1H3,(H,29,31)(H,30,34)(H,32,33). The number of carbonyl (C=O) groups excluding carboxylic acids is 2. The molecule has 3 N–H and O–H groups in total. The number of hydrogen-bond acceptors (Lipinski definition) is 4. The molecule has 2 amide bonds. The highest BCUT2D eigenvalue weighted by atomic mass is 16.5. The van der Waals surface area contributed by atoms with Gasteiger partial charge in [0, 0.05) is 11.6 Å². The SMILES string of the molecule is CCCCC(NC(=O)OCC1c2ccccc2-c2ccccc21)C(=O)Nc1ccc(C(=O)O)cc1. The van der Waals surface area contributed by atoms with Crippen LogP contribution >= 0.6 is 0 Å². The van der Waals surface area contributed by atoms with Crippen molar-refractivity contribution in [2.75, 3.05) is 11.9 Å². The summed E-state index contributed by atoms with van der Waals surface area (Å²) >= 11 is 0. The number of aromatic carboxylic acids is 1. The molecule has 1 atom stereocenters. The minimum Gasteiger partial charge on any atom is -0.478 e. The van der Waals surface area contributed by atoms with E-state index < -0.39 is 18.1 Å². The van der Waals surface area contributed by atoms with Gasteiger partial charge in [0.05, 0.1) is 5.56 Å². The molecule has 1 aliphatic carbocycles. The number of benzene rings is 3. The summed E-state index contributed by atoms with van der Waals surface area (Å²) in [5.74, 6) is -1.49. The minimum absolute atomic E-state index is 0.0659. The fraction of sp³-hybridized carbons (Fsp3) is 0.250. The van der Waals surface area contributed by atoms with Crippen LogP contribution < -0.4 is 10.6 Å². The molecule has 0 aromatic heterocycles. The van der Waals surface area contributed by atoms with Crippen LogP contribution in [0.25, 0.3) is 11.1 Å². The number of unbranched alkanes of at least 4 members (excludes halogenated alkanes) is 1. The molecule has 35 heavy (non-hydrogen) atoms. The smallest absolute Gasteiger partial charge is 0.407 e. The Morgan fingerprint density at radius 1 is 0.914 bits per heavy atom. The first kappa shape index (κ1) is 24.0. The Labute approximate surface area is 204 Å². The second-order valence-electron chi connectivity index (χ2n) is 8.54. The summed E-state index contributed by atoms with van der Waals surface area (Å²) in [4.78, 5) is 36.6. The van der Waals surface area contributed by atoms with Gasteiger partial charge in [0.2, 0.25) is 5.91 Å². The maximum atomic E-state index is 12.9. The first-order valence-electron chi connectivity index (χ1n) is 11.7. The van der Waals surface area contributed by atoms with Gasteiger partial charge in [-0.25, -0.2) is 9.59 Å². The van der Waals surface area contributed by atoms with Crippen LogP contribution in [0.4, 0.5) is 10.5 Å². The molecule has 1 aliphatic rings. The van der Waals surface area contributed by atoms with Crippen LogP contribution in [0.3, 0.4) is 0 Å². The van der Waals surface area contributed by atoms with Crippen LogP contribution in [0.5, 0.6) is 0 Å². The predicted molar refractivity (Wildman–Crippen MR) is 134 cm³/mol. The summed E-state index contributed by atoms with van der Waals surface area (Å²) in [5.41, 5.74) is 5.11. The highest BCUT2D eigenvalue weighted by Crippen LogP contribution is 2.44. The summed E-state index contributed by atoms with van der Waals surface area (Å²) in [7, 11) is 0. The van der Waals surface area contributed by atoms with Crippen molar-refractivity contribution >= 4 is 23.7 Å². The molecule has 1 unspecified atom stereocenters. The van der Waals surface area contributed by atoms with Crippen LogP contribution in [0.2, 0.25) is 0 Å². The van der Waals surface area contributed by atoms with E-state index in [1.54, 1.807) is 0 Å². The highest BCUT2D eigenvalue weighted by molar-refractivity contribution is 5.97. The fourth-order valence-corrected chi connectivity index (χ4v) is 4.38. The van der Waals surface area contributed by atoms with Crippen LogP contribution in [0.1, 0.15) is 53.6 Å². The van der Waals surface area contributed by atoms with E-state index in [0.29, 0.717) is 12.1 Å². The van der Waals surface area contributed by atoms with Gasteiger partial charge in [-0.2, -0.15) is 0 Å². The summed E-state index contributed by atoms with van der Waals surface area (Å²) in [6.07, 6.45) is 1.42. The Balaban J connectivity index is 1.40. The number of fused-ring (bicyclic) bond motifs is 3. The van der Waals surface area contributed by atoms with Gasteiger partial charge in [-0.15, -0.1) is 0 Å². The van der Waals surface area contributed by atoms with E-state index in [9.17, 15) is 14.4 Å². The molecule has 0 bridgehead atoms. The van der Waals surface area contributed by atoms with E-state index in [2.05, 4.69) is 22.8 Å². The molecule has 180 valence electrons. The Bertz CT molecular complexity index is 1180. The lowest BCUT2D eigenvalue weighted by Crippen LogP contribution is -2.44. The molecule has 7 heteroatoms. The zero-order valence-corrected chi connectivity index (χ0v) is 19.5. The lowest BCUT2D eigenvalue weighted by molar-refractivity contribution is -0.118. The summed E-state index contributed by atoms with van der Waals surface area (Å²) < 4.78 is 5.60. The molecular formula is C28H28N2O5. The average Bonchev–Trinajstić information content (AvgIpc) is 3.19. The van der Waals surface area contributed by atoms with Crippen LogP contribution in [0.15, 0.2) is 72.8 Å². The van der Waals surface area contributed by atoms with Gasteiger partial charge in [0.25, 0.3) is 0 Å². The topological polar surface area (TPSA) is 105 Å². The molecule has 0 fully saturated rings. The molecule has 7 nitrogen and oxygen atoms in total. The molecule has 0 saturated heterocycles. The van der Waals surface area contributed by atoms with E-state index >= 15 is 0 Å². The first-order chi connectivity index (χ1) is 17.0. The normalized spacial score (nSPS) is 12.8. The molecule has 3 aromatic rings. The van der Waals surface area contributed by atoms with Gasteiger partial charge in [0.15, 0.2) is 0 Å². The molecule has 0 heterocycles. The molecule has 0 aliphatic heterocycles. The summed E-state index contributed by atoms with van der Waals surface area (Å²) in [6, 6.07) is 21.3. The molecule has 4 rings (SSSR count). The monoisotopic (exact) mass is 472 g/mol. The molecule has 0 radical (unpaired) electrons. The number of alkyl carbamates (subject to hydrolysis) is 1. The third kappa shape index (κ3) is 5.51. The van der Waals surface area contributed by atoms with Crippen molar-refractivity contribution in [1.82, 2.24) is 5.32 Å². The number of rotatable bonds is 9. The lowest BCUT2D eigenvalue weighted by atomic mass is 9.98. The van der Waals surface area contributed by atoms with Gasteiger partial charge in [-0.3, -0.25) is 4.79 Å². The number of carbonyl (C=O) groups is 3. The largest absolute Gasteiger partial charge is 0.478 e. The third-order valence-electron chi connectivity index (χ3n) is 6.20. The van der Waals surface area contributed by atoms with Crippen molar-refractivity contribution in [3.63, 3.8) is 0 Å². The zero-order chi connectivity index (χ0) is 24.8. The summed E-state index contributed by atoms with van der Waals surface area (Å²) in [6.45, 7) is 2.17. The van der Waals surface area contributed by atoms with E-state index in [-0.39, 0.29) is 24.0 Å². The van der Waals surface area contributed by atoms with Gasteiger partial charge < -0.3 is 20.5 Å². The Hall–Kier alpha value is -4.13. The molecular weight excluding hydrogens is 444 g/mol. The number of amides is 2. The first-order valence-corrected chi connectivity index (χ1v) is 11.7. The highest BCUT2D eigenvalue weighted by Gasteiger charge is 2.29. The number of carboxylic acid groups (broad SMARTS) is 1. The Morgan fingerprint density at radius 3 is 2.09 bits per heavy atom. The van der Waals surface area contributed by atoms with Gasteiger partial charge >= 0.3 is 12.1 Å². The number of nitrogens with one attached hydrogen (secondary N) is 2. The van der Waals surface area contributed by atoms with Crippen LogP contribution in [-0.2, 0) is 9.53 Å². The second-order valence-corrected chi connectivity index (χ2v) is 8.54. The number of carboxylic acids is 1. The number of ether oxygens (including phenoxy) is 1. The van der Waals surface area contributed by atoms with Crippen molar-refractivity contribution in [3.8, 4) is 11.1 Å². The van der Waals surface area contributed by atoms with Gasteiger partial charge in [0.1, 0.15) is 12.6 Å². The lowest BCUT2D eigenvalue weighted by Gasteiger charge is -2.20. The number of anilines is 1. The van der Waals surface area contributed by atoms with Gasteiger partial charge in [-0.1, -0.05) is 68.3 Å². The van der Waals surface area contributed by atoms with E-state index in [0.717, 1.165) is 35.1 Å². The van der Waals surface area contributed by atoms with Crippen LogP contribution in [-0.4, -0.2) is 35.7 Å². The Kier molecular flexibility index (Phi) is 7.45. The predicted octanol–water partition coefficient (Wildman–Crippen LogP) is 5.42. The third-order valence-corrected chi connectivity index (χ3v) is 6.20. The second kappa shape index (κ2) is 10.9. The van der Waals surface area contributed by atoms with E-state index in [4.69, 9.17) is 9.84 Å². The Morgan fingerprint density at radius 2 is 1.51 bits per heavy atom. The quantitative estimate of drug-likeness (QED) is 0.386. The van der Waals surface area contributed by atoms with Gasteiger partial charge in [-0.05, 0) is 52.9 Å². The zero-order valence-electron chi connectivity index (χ0n) is 19.5. The van der Waals surface area contributed by atoms with E-state index in [1.165, 1.54) is 24.3 Å². The molecule has 3 aromatic carbocycles.